The van der Waals surface area contributed by atoms with E-state index in [1.165, 1.54) is 24.2 Å². The molecule has 0 bridgehead atoms. The van der Waals surface area contributed by atoms with Gasteiger partial charge in [0, 0.05) is 25.1 Å². The smallest absolute Gasteiger partial charge is 0.255 e. The molecule has 30 heavy (non-hydrogen) atoms. The molecule has 1 aromatic carbocycles. The fraction of sp³-hybridized carbons (Fsp3) is 0.625. The average molecular weight is 414 g/mol. The van der Waals surface area contributed by atoms with E-state index >= 15 is 0 Å². The highest BCUT2D eigenvalue weighted by molar-refractivity contribution is 6.05. The lowest BCUT2D eigenvalue weighted by Gasteiger charge is -2.39. The number of amides is 3. The Bertz CT molecular complexity index is 833. The Hall–Kier alpha value is -2.21. The number of nitrogens with zero attached hydrogens (tertiary/aromatic N) is 1. The lowest BCUT2D eigenvalue weighted by molar-refractivity contribution is -0.136. The molecule has 1 saturated heterocycles. The second kappa shape index (κ2) is 8.88. The van der Waals surface area contributed by atoms with Crippen molar-refractivity contribution in [2.75, 3.05) is 0 Å². The van der Waals surface area contributed by atoms with Gasteiger partial charge in [0.15, 0.2) is 0 Å². The maximum absolute atomic E-state index is 12.4. The van der Waals surface area contributed by atoms with Crippen molar-refractivity contribution in [3.63, 3.8) is 0 Å². The SMILES string of the molecule is CC1CCC(C)C(C)(C)C1.NCc1ccc2c(c1)CN(C1CCC(=O)NC1=O)C2=O. The molecule has 3 N–H and O–H groups in total. The number of imide groups is 1. The number of piperidine rings is 1. The number of benzene rings is 1. The number of rotatable bonds is 2. The standard InChI is InChI=1S/C14H15N3O3.C10H20/c15-6-8-1-2-10-9(5-8)7-17(14(10)20)11-3-4-12(18)16-13(11)19;1-8-5-6-9(2)10(3,4)7-8/h1-2,5,11H,3-4,6-7,15H2,(H,16,18,19);8-9H,5-7H2,1-4H3. The molecule has 0 spiro atoms. The van der Waals surface area contributed by atoms with Gasteiger partial charge in [0.2, 0.25) is 11.8 Å². The van der Waals surface area contributed by atoms with Crippen molar-refractivity contribution in [2.24, 2.45) is 23.0 Å². The van der Waals surface area contributed by atoms with E-state index in [1.807, 2.05) is 12.1 Å². The summed E-state index contributed by atoms with van der Waals surface area (Å²) in [6.45, 7) is 10.4. The summed E-state index contributed by atoms with van der Waals surface area (Å²) in [6.07, 6.45) is 4.96. The molecule has 1 aromatic rings. The molecule has 0 radical (unpaired) electrons. The summed E-state index contributed by atoms with van der Waals surface area (Å²) in [5, 5.41) is 2.28. The molecule has 0 aromatic heterocycles. The molecule has 164 valence electrons. The van der Waals surface area contributed by atoms with Crippen molar-refractivity contribution in [1.29, 1.82) is 0 Å². The first-order chi connectivity index (χ1) is 14.1. The van der Waals surface area contributed by atoms with Crippen LogP contribution in [0.25, 0.3) is 0 Å². The molecule has 6 heteroatoms. The van der Waals surface area contributed by atoms with Gasteiger partial charge in [0.25, 0.3) is 5.91 Å². The Kier molecular flexibility index (Phi) is 6.65. The topological polar surface area (TPSA) is 92.5 Å². The Balaban J connectivity index is 0.000000216. The van der Waals surface area contributed by atoms with Gasteiger partial charge in [-0.05, 0) is 53.7 Å². The molecule has 3 aliphatic rings. The summed E-state index contributed by atoms with van der Waals surface area (Å²) >= 11 is 0. The number of hydrogen-bond donors (Lipinski definition) is 2. The number of nitrogens with one attached hydrogen (secondary N) is 1. The highest BCUT2D eigenvalue weighted by atomic mass is 16.2. The fourth-order valence-corrected chi connectivity index (χ4v) is 4.88. The van der Waals surface area contributed by atoms with Crippen LogP contribution in [0.1, 0.15) is 81.3 Å². The minimum absolute atomic E-state index is 0.155. The van der Waals surface area contributed by atoms with E-state index < -0.39 is 6.04 Å². The number of hydrogen-bond acceptors (Lipinski definition) is 4. The summed E-state index contributed by atoms with van der Waals surface area (Å²) < 4.78 is 0. The zero-order valence-corrected chi connectivity index (χ0v) is 18.7. The molecule has 1 saturated carbocycles. The molecular weight excluding hydrogens is 378 g/mol. The van der Waals surface area contributed by atoms with E-state index in [-0.39, 0.29) is 24.1 Å². The zero-order chi connectivity index (χ0) is 22.1. The number of carbonyl (C=O) groups excluding carboxylic acids is 3. The van der Waals surface area contributed by atoms with E-state index in [1.54, 1.807) is 6.07 Å². The fourth-order valence-electron chi connectivity index (χ4n) is 4.88. The third-order valence-electron chi connectivity index (χ3n) is 7.12. The van der Waals surface area contributed by atoms with E-state index in [0.717, 1.165) is 23.0 Å². The van der Waals surface area contributed by atoms with Crippen LogP contribution in [0.5, 0.6) is 0 Å². The highest BCUT2D eigenvalue weighted by Gasteiger charge is 2.39. The predicted octanol–water partition coefficient (Wildman–Crippen LogP) is 3.38. The van der Waals surface area contributed by atoms with Crippen LogP contribution >= 0.6 is 0 Å². The second-order valence-corrected chi connectivity index (χ2v) is 9.87. The van der Waals surface area contributed by atoms with Gasteiger partial charge in [-0.3, -0.25) is 19.7 Å². The number of fused-ring (bicyclic) bond motifs is 1. The summed E-state index contributed by atoms with van der Waals surface area (Å²) in [5.41, 5.74) is 8.67. The molecule has 2 heterocycles. The van der Waals surface area contributed by atoms with Gasteiger partial charge in [0.05, 0.1) is 0 Å². The van der Waals surface area contributed by atoms with Crippen LogP contribution in [-0.2, 0) is 22.7 Å². The summed E-state index contributed by atoms with van der Waals surface area (Å²) in [5.74, 6) is 1.08. The van der Waals surface area contributed by atoms with Gasteiger partial charge < -0.3 is 10.6 Å². The summed E-state index contributed by atoms with van der Waals surface area (Å²) in [7, 11) is 0. The zero-order valence-electron chi connectivity index (χ0n) is 18.7. The van der Waals surface area contributed by atoms with Gasteiger partial charge >= 0.3 is 0 Å². The normalized spacial score (nSPS) is 27.8. The quantitative estimate of drug-likeness (QED) is 0.727. The van der Waals surface area contributed by atoms with E-state index in [4.69, 9.17) is 5.73 Å². The van der Waals surface area contributed by atoms with E-state index in [2.05, 4.69) is 33.0 Å². The minimum Gasteiger partial charge on any atom is -0.326 e. The van der Waals surface area contributed by atoms with Gasteiger partial charge in [-0.15, -0.1) is 0 Å². The van der Waals surface area contributed by atoms with Crippen molar-refractivity contribution in [1.82, 2.24) is 10.2 Å². The molecule has 1 aliphatic carbocycles. The monoisotopic (exact) mass is 413 g/mol. The first-order valence-corrected chi connectivity index (χ1v) is 11.1. The maximum atomic E-state index is 12.4. The lowest BCUT2D eigenvalue weighted by atomic mass is 9.66. The Morgan fingerprint density at radius 3 is 2.47 bits per heavy atom. The van der Waals surface area contributed by atoms with Crippen molar-refractivity contribution in [3.05, 3.63) is 34.9 Å². The molecule has 6 nitrogen and oxygen atoms in total. The van der Waals surface area contributed by atoms with Crippen LogP contribution in [-0.4, -0.2) is 28.7 Å². The lowest BCUT2D eigenvalue weighted by Crippen LogP contribution is -2.52. The van der Waals surface area contributed by atoms with Crippen molar-refractivity contribution < 1.29 is 14.4 Å². The summed E-state index contributed by atoms with van der Waals surface area (Å²) in [6, 6.07) is 4.92. The van der Waals surface area contributed by atoms with Crippen LogP contribution < -0.4 is 11.1 Å². The van der Waals surface area contributed by atoms with E-state index in [0.29, 0.717) is 30.5 Å². The second-order valence-electron chi connectivity index (χ2n) is 9.87. The first kappa shape index (κ1) is 22.5. The van der Waals surface area contributed by atoms with Gasteiger partial charge in [-0.1, -0.05) is 46.2 Å². The molecule has 3 unspecified atom stereocenters. The van der Waals surface area contributed by atoms with Crippen LogP contribution in [0.4, 0.5) is 0 Å². The summed E-state index contributed by atoms with van der Waals surface area (Å²) in [4.78, 5) is 36.9. The van der Waals surface area contributed by atoms with Gasteiger partial charge in [-0.2, -0.15) is 0 Å². The van der Waals surface area contributed by atoms with Crippen LogP contribution in [0.15, 0.2) is 18.2 Å². The Labute approximate surface area is 179 Å². The van der Waals surface area contributed by atoms with Crippen molar-refractivity contribution in [2.45, 2.75) is 78.9 Å². The Morgan fingerprint density at radius 2 is 1.87 bits per heavy atom. The largest absolute Gasteiger partial charge is 0.326 e. The van der Waals surface area contributed by atoms with E-state index in [9.17, 15) is 14.4 Å². The van der Waals surface area contributed by atoms with Crippen LogP contribution in [0.3, 0.4) is 0 Å². The maximum Gasteiger partial charge on any atom is 0.255 e. The van der Waals surface area contributed by atoms with Crippen molar-refractivity contribution >= 4 is 17.7 Å². The van der Waals surface area contributed by atoms with Crippen LogP contribution in [0.2, 0.25) is 0 Å². The molecule has 2 fully saturated rings. The molecule has 2 aliphatic heterocycles. The molecule has 3 amide bonds. The average Bonchev–Trinajstić information content (AvgIpc) is 3.01. The molecule has 4 rings (SSSR count). The third-order valence-corrected chi connectivity index (χ3v) is 7.12. The van der Waals surface area contributed by atoms with Gasteiger partial charge in [-0.25, -0.2) is 0 Å². The van der Waals surface area contributed by atoms with Crippen LogP contribution in [0, 0.1) is 17.3 Å². The van der Waals surface area contributed by atoms with Gasteiger partial charge in [0.1, 0.15) is 6.04 Å². The molecule has 3 atom stereocenters. The first-order valence-electron chi connectivity index (χ1n) is 11.1. The number of nitrogens with two attached hydrogens (primary N) is 1. The Morgan fingerprint density at radius 1 is 1.13 bits per heavy atom. The minimum atomic E-state index is -0.561. The van der Waals surface area contributed by atoms with Crippen molar-refractivity contribution in [3.8, 4) is 0 Å². The highest BCUT2D eigenvalue weighted by Crippen LogP contribution is 2.42. The predicted molar refractivity (Wildman–Crippen MR) is 116 cm³/mol. The molecular formula is C24H35N3O3. The third kappa shape index (κ3) is 4.75. The number of carbonyl (C=O) groups is 3.